The Kier molecular flexibility index (Phi) is 2.66. The van der Waals surface area contributed by atoms with E-state index in [0.29, 0.717) is 11.5 Å². The minimum absolute atomic E-state index is 0.457. The van der Waals surface area contributed by atoms with E-state index in [1.165, 1.54) is 4.88 Å². The Morgan fingerprint density at radius 3 is 3.00 bits per heavy atom. The molecular formula is C10H11BrO2S. The van der Waals surface area contributed by atoms with E-state index in [1.54, 1.807) is 11.3 Å². The molecule has 0 spiro atoms. The lowest BCUT2D eigenvalue weighted by molar-refractivity contribution is 0.0695. The van der Waals surface area contributed by atoms with Crippen molar-refractivity contribution in [3.63, 3.8) is 0 Å². The standard InChI is InChI=1S/C10H11BrO2S/c1-2-5-3-4-6-7(5)8(10(12)13)9(11)14-6/h5H,2-4H2,1H3,(H,12,13). The molecule has 1 heterocycles. The van der Waals surface area contributed by atoms with Crippen LogP contribution in [0.4, 0.5) is 0 Å². The van der Waals surface area contributed by atoms with Crippen molar-refractivity contribution in [1.29, 1.82) is 0 Å². The van der Waals surface area contributed by atoms with E-state index >= 15 is 0 Å². The van der Waals surface area contributed by atoms with Gasteiger partial charge in [0.1, 0.15) is 0 Å². The van der Waals surface area contributed by atoms with Crippen LogP contribution >= 0.6 is 27.3 Å². The quantitative estimate of drug-likeness (QED) is 0.894. The third-order valence-corrected chi connectivity index (χ3v) is 4.75. The van der Waals surface area contributed by atoms with Crippen LogP contribution in [0.2, 0.25) is 0 Å². The van der Waals surface area contributed by atoms with Crippen molar-refractivity contribution in [3.8, 4) is 0 Å². The minimum atomic E-state index is -0.797. The summed E-state index contributed by atoms with van der Waals surface area (Å²) in [5, 5.41) is 9.11. The molecule has 1 N–H and O–H groups in total. The van der Waals surface area contributed by atoms with E-state index in [4.69, 9.17) is 5.11 Å². The molecule has 76 valence electrons. The Bertz CT molecular complexity index is 384. The van der Waals surface area contributed by atoms with Gasteiger partial charge in [0, 0.05) is 4.88 Å². The number of hydrogen-bond donors (Lipinski definition) is 1. The smallest absolute Gasteiger partial charge is 0.338 e. The van der Waals surface area contributed by atoms with Crippen molar-refractivity contribution in [2.75, 3.05) is 0 Å². The molecule has 0 amide bonds. The number of hydrogen-bond acceptors (Lipinski definition) is 2. The molecule has 0 bridgehead atoms. The monoisotopic (exact) mass is 274 g/mol. The van der Waals surface area contributed by atoms with Gasteiger partial charge >= 0.3 is 5.97 Å². The third kappa shape index (κ3) is 1.41. The van der Waals surface area contributed by atoms with Crippen LogP contribution in [0.15, 0.2) is 3.79 Å². The van der Waals surface area contributed by atoms with Crippen molar-refractivity contribution in [3.05, 3.63) is 19.8 Å². The Hall–Kier alpha value is -0.350. The molecule has 0 saturated heterocycles. The summed E-state index contributed by atoms with van der Waals surface area (Å²) in [6, 6.07) is 0. The summed E-state index contributed by atoms with van der Waals surface area (Å²) in [4.78, 5) is 12.3. The number of aryl methyl sites for hydroxylation is 1. The SMILES string of the molecule is CCC1CCc2sc(Br)c(C(=O)O)c21. The Morgan fingerprint density at radius 2 is 2.43 bits per heavy atom. The number of halogens is 1. The predicted octanol–water partition coefficient (Wildman–Crippen LogP) is 3.65. The maximum Gasteiger partial charge on any atom is 0.338 e. The number of carboxylic acid groups (broad SMARTS) is 1. The van der Waals surface area contributed by atoms with Crippen LogP contribution in [-0.4, -0.2) is 11.1 Å². The van der Waals surface area contributed by atoms with E-state index in [9.17, 15) is 4.79 Å². The third-order valence-electron chi connectivity index (χ3n) is 2.81. The van der Waals surface area contributed by atoms with Crippen LogP contribution in [0.25, 0.3) is 0 Å². The average Bonchev–Trinajstić information content (AvgIpc) is 2.60. The average molecular weight is 275 g/mol. The summed E-state index contributed by atoms with van der Waals surface area (Å²) in [5.41, 5.74) is 1.60. The zero-order valence-electron chi connectivity index (χ0n) is 7.84. The molecule has 2 rings (SSSR count). The highest BCUT2D eigenvalue weighted by Crippen LogP contribution is 2.45. The van der Waals surface area contributed by atoms with Gasteiger partial charge in [-0.25, -0.2) is 4.79 Å². The molecule has 4 heteroatoms. The Morgan fingerprint density at radius 1 is 1.71 bits per heavy atom. The molecule has 2 nitrogen and oxygen atoms in total. The fourth-order valence-corrected chi connectivity index (χ4v) is 4.22. The van der Waals surface area contributed by atoms with Crippen molar-refractivity contribution < 1.29 is 9.90 Å². The van der Waals surface area contributed by atoms with Crippen LogP contribution < -0.4 is 0 Å². The molecular weight excluding hydrogens is 264 g/mol. The number of aromatic carboxylic acids is 1. The molecule has 0 aromatic carbocycles. The Balaban J connectivity index is 2.55. The highest BCUT2D eigenvalue weighted by Gasteiger charge is 2.31. The van der Waals surface area contributed by atoms with Gasteiger partial charge in [-0.15, -0.1) is 11.3 Å². The van der Waals surface area contributed by atoms with E-state index in [0.717, 1.165) is 28.6 Å². The number of rotatable bonds is 2. The number of carbonyl (C=O) groups is 1. The minimum Gasteiger partial charge on any atom is -0.478 e. The van der Waals surface area contributed by atoms with Gasteiger partial charge < -0.3 is 5.11 Å². The van der Waals surface area contributed by atoms with Crippen LogP contribution in [0.5, 0.6) is 0 Å². The van der Waals surface area contributed by atoms with Crippen molar-refractivity contribution >= 4 is 33.2 Å². The summed E-state index contributed by atoms with van der Waals surface area (Å²) in [7, 11) is 0. The molecule has 0 radical (unpaired) electrons. The summed E-state index contributed by atoms with van der Waals surface area (Å²) < 4.78 is 0.785. The lowest BCUT2D eigenvalue weighted by Gasteiger charge is -2.07. The van der Waals surface area contributed by atoms with E-state index in [2.05, 4.69) is 22.9 Å². The first-order chi connectivity index (χ1) is 6.65. The normalized spacial score (nSPS) is 19.7. The van der Waals surface area contributed by atoms with Crippen LogP contribution in [-0.2, 0) is 6.42 Å². The van der Waals surface area contributed by atoms with E-state index < -0.39 is 5.97 Å². The molecule has 1 aromatic heterocycles. The fourth-order valence-electron chi connectivity index (χ4n) is 2.13. The van der Waals surface area contributed by atoms with Crippen molar-refractivity contribution in [1.82, 2.24) is 0 Å². The lowest BCUT2D eigenvalue weighted by Crippen LogP contribution is -2.02. The molecule has 1 atom stereocenters. The first kappa shape index (κ1) is 10.2. The van der Waals surface area contributed by atoms with E-state index in [1.807, 2.05) is 0 Å². The topological polar surface area (TPSA) is 37.3 Å². The molecule has 1 aromatic rings. The van der Waals surface area contributed by atoms with Gasteiger partial charge in [0.25, 0.3) is 0 Å². The molecule has 1 aliphatic rings. The summed E-state index contributed by atoms with van der Waals surface area (Å²) >= 11 is 4.92. The molecule has 0 fully saturated rings. The second-order valence-corrected chi connectivity index (χ2v) is 5.96. The Labute approximate surface area is 95.1 Å². The number of thiophene rings is 1. The molecule has 1 aliphatic carbocycles. The van der Waals surface area contributed by atoms with Gasteiger partial charge in [0.05, 0.1) is 9.35 Å². The summed E-state index contributed by atoms with van der Waals surface area (Å²) in [5.74, 6) is -0.339. The van der Waals surface area contributed by atoms with Gasteiger partial charge in [-0.2, -0.15) is 0 Å². The highest BCUT2D eigenvalue weighted by atomic mass is 79.9. The number of carboxylic acids is 1. The maximum atomic E-state index is 11.1. The lowest BCUT2D eigenvalue weighted by atomic mass is 9.97. The van der Waals surface area contributed by atoms with Gasteiger partial charge in [-0.05, 0) is 46.7 Å². The van der Waals surface area contributed by atoms with Crippen LogP contribution in [0.3, 0.4) is 0 Å². The molecule has 0 aliphatic heterocycles. The highest BCUT2D eigenvalue weighted by molar-refractivity contribution is 9.11. The second-order valence-electron chi connectivity index (χ2n) is 3.54. The maximum absolute atomic E-state index is 11.1. The van der Waals surface area contributed by atoms with Gasteiger partial charge in [0.15, 0.2) is 0 Å². The molecule has 14 heavy (non-hydrogen) atoms. The van der Waals surface area contributed by atoms with Crippen LogP contribution in [0, 0.1) is 0 Å². The zero-order valence-corrected chi connectivity index (χ0v) is 10.2. The van der Waals surface area contributed by atoms with Gasteiger partial charge in [-0.1, -0.05) is 6.92 Å². The van der Waals surface area contributed by atoms with Gasteiger partial charge in [-0.3, -0.25) is 0 Å². The van der Waals surface area contributed by atoms with E-state index in [-0.39, 0.29) is 0 Å². The molecule has 1 unspecified atom stereocenters. The van der Waals surface area contributed by atoms with Gasteiger partial charge in [0.2, 0.25) is 0 Å². The van der Waals surface area contributed by atoms with Crippen molar-refractivity contribution in [2.24, 2.45) is 0 Å². The summed E-state index contributed by atoms with van der Waals surface area (Å²) in [6.45, 7) is 2.12. The zero-order chi connectivity index (χ0) is 10.3. The number of fused-ring (bicyclic) bond motifs is 1. The predicted molar refractivity (Wildman–Crippen MR) is 60.3 cm³/mol. The van der Waals surface area contributed by atoms with Crippen molar-refractivity contribution in [2.45, 2.75) is 32.1 Å². The van der Waals surface area contributed by atoms with Crippen LogP contribution in [0.1, 0.15) is 46.5 Å². The molecule has 0 saturated carbocycles. The largest absolute Gasteiger partial charge is 0.478 e. The summed E-state index contributed by atoms with van der Waals surface area (Å²) in [6.07, 6.45) is 3.20. The second kappa shape index (κ2) is 3.66. The first-order valence-electron chi connectivity index (χ1n) is 4.69. The first-order valence-corrected chi connectivity index (χ1v) is 6.30. The fraction of sp³-hybridized carbons (Fsp3) is 0.500.